The molecule has 1 aromatic carbocycles. The van der Waals surface area contributed by atoms with Gasteiger partial charge in [-0.15, -0.1) is 0 Å². The van der Waals surface area contributed by atoms with Gasteiger partial charge in [0.1, 0.15) is 0 Å². The molecule has 0 aliphatic rings. The van der Waals surface area contributed by atoms with E-state index in [0.717, 1.165) is 0 Å². The van der Waals surface area contributed by atoms with Crippen LogP contribution >= 0.6 is 0 Å². The van der Waals surface area contributed by atoms with Crippen molar-refractivity contribution in [2.75, 3.05) is 0 Å². The molecule has 0 saturated heterocycles. The zero-order valence-corrected chi connectivity index (χ0v) is 9.72. The third-order valence-electron chi connectivity index (χ3n) is 2.31. The van der Waals surface area contributed by atoms with E-state index in [1.54, 1.807) is 0 Å². The number of nitro groups is 2. The number of hydrogen-bond donors (Lipinski definition) is 0. The number of benzene rings is 1. The number of hydrogen-bond acceptors (Lipinski definition) is 6. The van der Waals surface area contributed by atoms with Gasteiger partial charge in [-0.05, 0) is 16.0 Å². The van der Waals surface area contributed by atoms with Crippen molar-refractivity contribution in [3.05, 3.63) is 50.8 Å². The molecule has 19 heavy (non-hydrogen) atoms. The Labute approximate surface area is 106 Å². The van der Waals surface area contributed by atoms with E-state index in [1.165, 1.54) is 42.2 Å². The molecule has 0 N–H and O–H groups in total. The van der Waals surface area contributed by atoms with Gasteiger partial charge in [0.15, 0.2) is 0 Å². The Kier molecular flexibility index (Phi) is 3.10. The summed E-state index contributed by atoms with van der Waals surface area (Å²) in [4.78, 5) is 23.8. The smallest absolute Gasteiger partial charge is 0.426 e. The lowest BCUT2D eigenvalue weighted by molar-refractivity contribution is -0.390. The summed E-state index contributed by atoms with van der Waals surface area (Å²) in [6.07, 6.45) is 1.20. The Morgan fingerprint density at radius 3 is 2.53 bits per heavy atom. The van der Waals surface area contributed by atoms with Gasteiger partial charge in [-0.2, -0.15) is 0 Å². The van der Waals surface area contributed by atoms with Crippen LogP contribution < -0.4 is 4.74 Å². The highest BCUT2D eigenvalue weighted by molar-refractivity contribution is 5.49. The molecule has 1 heterocycles. The second-order valence-corrected chi connectivity index (χ2v) is 3.57. The first-order valence-electron chi connectivity index (χ1n) is 5.07. The molecule has 0 radical (unpaired) electrons. The molecule has 0 amide bonds. The first-order valence-corrected chi connectivity index (χ1v) is 5.07. The van der Waals surface area contributed by atoms with Gasteiger partial charge < -0.3 is 14.9 Å². The van der Waals surface area contributed by atoms with Crippen LogP contribution in [0, 0.1) is 20.2 Å². The maximum Gasteiger partial charge on any atom is 0.427 e. The lowest BCUT2D eigenvalue weighted by atomic mass is 10.3. The number of imidazole rings is 1. The van der Waals surface area contributed by atoms with Crippen molar-refractivity contribution in [1.82, 2.24) is 9.55 Å². The quantitative estimate of drug-likeness (QED) is 0.616. The zero-order valence-electron chi connectivity index (χ0n) is 9.72. The summed E-state index contributed by atoms with van der Waals surface area (Å²) in [6.45, 7) is 0. The molecule has 0 aliphatic heterocycles. The molecule has 2 aromatic rings. The monoisotopic (exact) mass is 264 g/mol. The first kappa shape index (κ1) is 12.5. The summed E-state index contributed by atoms with van der Waals surface area (Å²) in [5.41, 5.74) is -0.280. The largest absolute Gasteiger partial charge is 0.427 e. The molecule has 1 aromatic heterocycles. The molecule has 0 unspecified atom stereocenters. The van der Waals surface area contributed by atoms with E-state index in [2.05, 4.69) is 4.98 Å². The predicted octanol–water partition coefficient (Wildman–Crippen LogP) is 2.03. The van der Waals surface area contributed by atoms with E-state index in [-0.39, 0.29) is 17.3 Å². The summed E-state index contributed by atoms with van der Waals surface area (Å²) in [5, 5.41) is 21.6. The number of aryl methyl sites for hydroxylation is 1. The van der Waals surface area contributed by atoms with Crippen LogP contribution in [0.2, 0.25) is 0 Å². The van der Waals surface area contributed by atoms with E-state index in [1.807, 2.05) is 0 Å². The molecular weight excluding hydrogens is 256 g/mol. The van der Waals surface area contributed by atoms with E-state index in [0.29, 0.717) is 0 Å². The number of nitro benzene ring substituents is 1. The van der Waals surface area contributed by atoms with Crippen LogP contribution in [0.4, 0.5) is 11.5 Å². The lowest BCUT2D eigenvalue weighted by Crippen LogP contribution is -1.99. The minimum absolute atomic E-state index is 0.0841. The van der Waals surface area contributed by atoms with Crippen molar-refractivity contribution < 1.29 is 14.6 Å². The van der Waals surface area contributed by atoms with Crippen molar-refractivity contribution in [1.29, 1.82) is 0 Å². The minimum atomic E-state index is -0.718. The van der Waals surface area contributed by atoms with Crippen LogP contribution in [0.15, 0.2) is 30.6 Å². The molecular formula is C10H8N4O5. The Morgan fingerprint density at radius 1 is 1.21 bits per heavy atom. The summed E-state index contributed by atoms with van der Waals surface area (Å²) < 4.78 is 6.52. The summed E-state index contributed by atoms with van der Waals surface area (Å²) in [5.74, 6) is -0.751. The Hall–Kier alpha value is -2.97. The predicted molar refractivity (Wildman–Crippen MR) is 63.0 cm³/mol. The fraction of sp³-hybridized carbons (Fsp3) is 0.100. The second-order valence-electron chi connectivity index (χ2n) is 3.57. The number of ether oxygens (including phenoxy) is 1. The normalized spacial score (nSPS) is 10.2. The average molecular weight is 264 g/mol. The van der Waals surface area contributed by atoms with E-state index >= 15 is 0 Å². The molecule has 2 rings (SSSR count). The second kappa shape index (κ2) is 4.72. The highest BCUT2D eigenvalue weighted by atomic mass is 16.6. The summed E-state index contributed by atoms with van der Waals surface area (Å²) in [7, 11) is 1.49. The van der Waals surface area contributed by atoms with Crippen LogP contribution in [-0.4, -0.2) is 19.4 Å². The molecule has 0 spiro atoms. The standard InChI is InChI=1S/C10H8N4O5/c1-12-6-11-9(14(17)18)10(12)19-8-5-3-2-4-7(8)13(15)16/h2-6H,1H3. The maximum atomic E-state index is 10.8. The Morgan fingerprint density at radius 2 is 1.89 bits per heavy atom. The molecule has 9 heteroatoms. The topological polar surface area (TPSA) is 113 Å². The molecule has 0 atom stereocenters. The van der Waals surface area contributed by atoms with Crippen LogP contribution in [0.1, 0.15) is 0 Å². The maximum absolute atomic E-state index is 10.8. The Balaban J connectivity index is 2.45. The fourth-order valence-electron chi connectivity index (χ4n) is 1.45. The van der Waals surface area contributed by atoms with Crippen LogP contribution in [0.25, 0.3) is 0 Å². The van der Waals surface area contributed by atoms with Crippen molar-refractivity contribution in [3.63, 3.8) is 0 Å². The van der Waals surface area contributed by atoms with Crippen molar-refractivity contribution in [2.45, 2.75) is 0 Å². The molecule has 0 fully saturated rings. The van der Waals surface area contributed by atoms with Crippen LogP contribution in [0.3, 0.4) is 0 Å². The highest BCUT2D eigenvalue weighted by Gasteiger charge is 2.25. The average Bonchev–Trinajstić information content (AvgIpc) is 2.72. The number of nitrogens with zero attached hydrogens (tertiary/aromatic N) is 4. The number of para-hydroxylation sites is 2. The first-order chi connectivity index (χ1) is 9.00. The van der Waals surface area contributed by atoms with Crippen molar-refractivity contribution in [2.24, 2.45) is 7.05 Å². The van der Waals surface area contributed by atoms with Gasteiger partial charge in [-0.1, -0.05) is 12.1 Å². The molecule has 0 aliphatic carbocycles. The van der Waals surface area contributed by atoms with E-state index in [4.69, 9.17) is 4.74 Å². The van der Waals surface area contributed by atoms with E-state index < -0.39 is 15.7 Å². The van der Waals surface area contributed by atoms with Gasteiger partial charge in [-0.25, -0.2) is 0 Å². The van der Waals surface area contributed by atoms with Gasteiger partial charge in [0.05, 0.1) is 4.92 Å². The minimum Gasteiger partial charge on any atom is -0.426 e. The van der Waals surface area contributed by atoms with E-state index in [9.17, 15) is 20.2 Å². The third kappa shape index (κ3) is 2.34. The number of aromatic nitrogens is 2. The van der Waals surface area contributed by atoms with Crippen molar-refractivity contribution in [3.8, 4) is 11.6 Å². The Bertz CT molecular complexity index is 651. The van der Waals surface area contributed by atoms with Gasteiger partial charge in [-0.3, -0.25) is 14.7 Å². The summed E-state index contributed by atoms with van der Waals surface area (Å²) >= 11 is 0. The van der Waals surface area contributed by atoms with Gasteiger partial charge >= 0.3 is 17.4 Å². The zero-order chi connectivity index (χ0) is 14.0. The number of rotatable bonds is 4. The molecule has 98 valence electrons. The molecule has 0 bridgehead atoms. The SMILES string of the molecule is Cn1cnc([N+](=O)[O-])c1Oc1ccccc1[N+](=O)[O-]. The van der Waals surface area contributed by atoms with Gasteiger partial charge in [0.25, 0.3) is 0 Å². The fourth-order valence-corrected chi connectivity index (χ4v) is 1.45. The van der Waals surface area contributed by atoms with Gasteiger partial charge in [0, 0.05) is 13.1 Å². The summed E-state index contributed by atoms with van der Waals surface area (Å²) in [6, 6.07) is 5.61. The van der Waals surface area contributed by atoms with Crippen molar-refractivity contribution >= 4 is 11.5 Å². The van der Waals surface area contributed by atoms with Crippen LogP contribution in [0.5, 0.6) is 11.6 Å². The highest BCUT2D eigenvalue weighted by Crippen LogP contribution is 2.34. The third-order valence-corrected chi connectivity index (χ3v) is 2.31. The van der Waals surface area contributed by atoms with Crippen LogP contribution in [-0.2, 0) is 7.05 Å². The molecule has 9 nitrogen and oxygen atoms in total. The molecule has 0 saturated carbocycles. The van der Waals surface area contributed by atoms with Gasteiger partial charge in [0.2, 0.25) is 12.1 Å². The lowest BCUT2D eigenvalue weighted by Gasteiger charge is -2.05.